The number of ether oxygens (including phenoxy) is 1. The van der Waals surface area contributed by atoms with Crippen LogP contribution < -0.4 is 0 Å². The number of hydrogen-bond acceptors (Lipinski definition) is 5. The first-order chi connectivity index (χ1) is 13.0. The smallest absolute Gasteiger partial charge is 0.236 e. The second kappa shape index (κ2) is 8.82. The molecule has 2 heterocycles. The van der Waals surface area contributed by atoms with Gasteiger partial charge in [0.15, 0.2) is 0 Å². The summed E-state index contributed by atoms with van der Waals surface area (Å²) in [5.74, 6) is -0.00124. The average molecular weight is 375 g/mol. The molecule has 7 heteroatoms. The number of benzene rings is 1. The first kappa shape index (κ1) is 19.8. The monoisotopic (exact) mass is 375 g/mol. The Morgan fingerprint density at radius 2 is 1.85 bits per heavy atom. The van der Waals surface area contributed by atoms with Gasteiger partial charge in [-0.05, 0) is 5.56 Å². The molecule has 0 aliphatic carbocycles. The van der Waals surface area contributed by atoms with Gasteiger partial charge in [0, 0.05) is 39.5 Å². The molecule has 2 aliphatic heterocycles. The summed E-state index contributed by atoms with van der Waals surface area (Å²) in [6.07, 6.45) is 0. The number of carbonyl (C=O) groups is 2. The van der Waals surface area contributed by atoms with Gasteiger partial charge in [-0.3, -0.25) is 14.5 Å². The number of aliphatic hydroxyl groups is 1. The fourth-order valence-electron chi connectivity index (χ4n) is 4.19. The van der Waals surface area contributed by atoms with E-state index >= 15 is 0 Å². The summed E-state index contributed by atoms with van der Waals surface area (Å²) in [7, 11) is 1.79. The summed E-state index contributed by atoms with van der Waals surface area (Å²) in [5, 5.41) is 9.82. The second-order valence-corrected chi connectivity index (χ2v) is 7.34. The molecule has 7 nitrogen and oxygen atoms in total. The Balaban J connectivity index is 1.69. The van der Waals surface area contributed by atoms with Crippen LogP contribution in [-0.2, 0) is 14.3 Å². The summed E-state index contributed by atoms with van der Waals surface area (Å²) in [6.45, 7) is 5.11. The molecule has 0 spiro atoms. The quantitative estimate of drug-likeness (QED) is 0.766. The molecule has 148 valence electrons. The SMILES string of the molecule is CC(=O)N1[C@H](CO)[C@@H](c2ccccc2)[C@H]1CN(C)C(=O)CN1CCOCC1. The van der Waals surface area contributed by atoms with Crippen molar-refractivity contribution in [3.63, 3.8) is 0 Å². The van der Waals surface area contributed by atoms with E-state index in [0.717, 1.165) is 18.7 Å². The van der Waals surface area contributed by atoms with Crippen molar-refractivity contribution in [2.24, 2.45) is 0 Å². The summed E-state index contributed by atoms with van der Waals surface area (Å²) >= 11 is 0. The number of likely N-dealkylation sites (N-methyl/N-ethyl adjacent to an activating group) is 1. The third-order valence-corrected chi connectivity index (χ3v) is 5.63. The first-order valence-electron chi connectivity index (χ1n) is 9.51. The summed E-state index contributed by atoms with van der Waals surface area (Å²) < 4.78 is 5.33. The minimum atomic E-state index is -0.238. The topological polar surface area (TPSA) is 73.3 Å². The lowest BCUT2D eigenvalue weighted by molar-refractivity contribution is -0.152. The van der Waals surface area contributed by atoms with Gasteiger partial charge in [0.25, 0.3) is 0 Å². The maximum atomic E-state index is 12.6. The number of likely N-dealkylation sites (tertiary alicyclic amines) is 1. The van der Waals surface area contributed by atoms with Gasteiger partial charge in [-0.1, -0.05) is 30.3 Å². The third kappa shape index (κ3) is 4.31. The minimum Gasteiger partial charge on any atom is -0.394 e. The van der Waals surface area contributed by atoms with Crippen LogP contribution >= 0.6 is 0 Å². The fourth-order valence-corrected chi connectivity index (χ4v) is 4.19. The van der Waals surface area contributed by atoms with E-state index in [1.54, 1.807) is 16.8 Å². The number of carbonyl (C=O) groups excluding carboxylic acids is 2. The van der Waals surface area contributed by atoms with Crippen molar-refractivity contribution in [3.8, 4) is 0 Å². The number of aliphatic hydroxyl groups excluding tert-OH is 1. The van der Waals surface area contributed by atoms with Crippen molar-refractivity contribution in [2.75, 3.05) is 53.0 Å². The lowest BCUT2D eigenvalue weighted by Crippen LogP contribution is -2.68. The van der Waals surface area contributed by atoms with Crippen LogP contribution in [0.5, 0.6) is 0 Å². The van der Waals surface area contributed by atoms with Crippen LogP contribution in [0, 0.1) is 0 Å². The van der Waals surface area contributed by atoms with Gasteiger partial charge in [-0.25, -0.2) is 0 Å². The average Bonchev–Trinajstić information content (AvgIpc) is 2.65. The van der Waals surface area contributed by atoms with Gasteiger partial charge >= 0.3 is 0 Å². The highest BCUT2D eigenvalue weighted by atomic mass is 16.5. The number of hydrogen-bond donors (Lipinski definition) is 1. The van der Waals surface area contributed by atoms with E-state index in [-0.39, 0.29) is 36.4 Å². The van der Waals surface area contributed by atoms with Crippen molar-refractivity contribution < 1.29 is 19.4 Å². The van der Waals surface area contributed by atoms with Crippen molar-refractivity contribution in [1.82, 2.24) is 14.7 Å². The molecule has 0 aromatic heterocycles. The Bertz CT molecular complexity index is 648. The Labute approximate surface area is 160 Å². The standard InChI is InChI=1S/C20H29N3O4/c1-15(25)23-17(20(18(23)14-24)16-6-4-3-5-7-16)12-21(2)19(26)13-22-8-10-27-11-9-22/h3-7,17-18,20,24H,8-14H2,1-2H3/t17-,18-,20+/m1/s1. The normalized spacial score (nSPS) is 25.7. The molecule has 0 saturated carbocycles. The summed E-state index contributed by atoms with van der Waals surface area (Å²) in [5.41, 5.74) is 1.09. The van der Waals surface area contributed by atoms with E-state index in [9.17, 15) is 14.7 Å². The van der Waals surface area contributed by atoms with Crippen LogP contribution in [0.15, 0.2) is 30.3 Å². The zero-order chi connectivity index (χ0) is 19.4. The van der Waals surface area contributed by atoms with Crippen LogP contribution in [0.2, 0.25) is 0 Å². The predicted octanol–water partition coefficient (Wildman–Crippen LogP) is 0.152. The highest BCUT2D eigenvalue weighted by molar-refractivity contribution is 5.79. The van der Waals surface area contributed by atoms with Crippen molar-refractivity contribution in [2.45, 2.75) is 24.9 Å². The summed E-state index contributed by atoms with van der Waals surface area (Å²) in [6, 6.07) is 9.56. The molecule has 0 radical (unpaired) electrons. The maximum absolute atomic E-state index is 12.6. The zero-order valence-corrected chi connectivity index (χ0v) is 16.1. The molecule has 2 fully saturated rings. The van der Waals surface area contributed by atoms with Crippen LogP contribution in [0.3, 0.4) is 0 Å². The Morgan fingerprint density at radius 1 is 1.19 bits per heavy atom. The van der Waals surface area contributed by atoms with Gasteiger partial charge in [0.05, 0.1) is 38.4 Å². The fraction of sp³-hybridized carbons (Fsp3) is 0.600. The van der Waals surface area contributed by atoms with Gasteiger partial charge < -0.3 is 19.6 Å². The molecule has 3 atom stereocenters. The number of nitrogens with zero attached hydrogens (tertiary/aromatic N) is 3. The Hall–Kier alpha value is -1.96. The Kier molecular flexibility index (Phi) is 6.46. The molecule has 2 aliphatic rings. The highest BCUT2D eigenvalue weighted by Crippen LogP contribution is 2.40. The lowest BCUT2D eigenvalue weighted by atomic mass is 9.75. The molecule has 2 saturated heterocycles. The van der Waals surface area contributed by atoms with Crippen molar-refractivity contribution in [3.05, 3.63) is 35.9 Å². The molecule has 1 aromatic carbocycles. The summed E-state index contributed by atoms with van der Waals surface area (Å²) in [4.78, 5) is 30.3. The minimum absolute atomic E-state index is 0.0266. The van der Waals surface area contributed by atoms with E-state index < -0.39 is 0 Å². The highest BCUT2D eigenvalue weighted by Gasteiger charge is 2.50. The van der Waals surface area contributed by atoms with Crippen LogP contribution in [0.25, 0.3) is 0 Å². The lowest BCUT2D eigenvalue weighted by Gasteiger charge is -2.55. The van der Waals surface area contributed by atoms with E-state index in [2.05, 4.69) is 4.90 Å². The van der Waals surface area contributed by atoms with Crippen LogP contribution in [0.1, 0.15) is 18.4 Å². The molecule has 0 unspecified atom stereocenters. The molecule has 2 amide bonds. The predicted molar refractivity (Wildman–Crippen MR) is 101 cm³/mol. The molecule has 3 rings (SSSR count). The number of morpholine rings is 1. The van der Waals surface area contributed by atoms with E-state index in [1.165, 1.54) is 6.92 Å². The second-order valence-electron chi connectivity index (χ2n) is 7.34. The molecule has 1 aromatic rings. The number of rotatable bonds is 6. The Morgan fingerprint density at radius 3 is 2.44 bits per heavy atom. The largest absolute Gasteiger partial charge is 0.394 e. The number of amides is 2. The first-order valence-corrected chi connectivity index (χ1v) is 9.51. The van der Waals surface area contributed by atoms with Crippen LogP contribution in [-0.4, -0.2) is 96.8 Å². The molecule has 0 bridgehead atoms. The van der Waals surface area contributed by atoms with Crippen molar-refractivity contribution >= 4 is 11.8 Å². The van der Waals surface area contributed by atoms with E-state index in [4.69, 9.17) is 4.74 Å². The van der Waals surface area contributed by atoms with Gasteiger partial charge in [0.2, 0.25) is 11.8 Å². The maximum Gasteiger partial charge on any atom is 0.236 e. The molecular formula is C20H29N3O4. The third-order valence-electron chi connectivity index (χ3n) is 5.63. The van der Waals surface area contributed by atoms with Gasteiger partial charge in [-0.15, -0.1) is 0 Å². The van der Waals surface area contributed by atoms with E-state index in [0.29, 0.717) is 26.3 Å². The molecule has 1 N–H and O–H groups in total. The molecule has 27 heavy (non-hydrogen) atoms. The van der Waals surface area contributed by atoms with Gasteiger partial charge in [-0.2, -0.15) is 0 Å². The van der Waals surface area contributed by atoms with Crippen LogP contribution in [0.4, 0.5) is 0 Å². The van der Waals surface area contributed by atoms with Crippen molar-refractivity contribution in [1.29, 1.82) is 0 Å². The van der Waals surface area contributed by atoms with E-state index in [1.807, 2.05) is 30.3 Å². The zero-order valence-electron chi connectivity index (χ0n) is 16.1. The van der Waals surface area contributed by atoms with Gasteiger partial charge in [0.1, 0.15) is 0 Å². The molecular weight excluding hydrogens is 346 g/mol.